The van der Waals surface area contributed by atoms with Gasteiger partial charge in [-0.25, -0.2) is 9.59 Å². The highest BCUT2D eigenvalue weighted by Gasteiger charge is 2.63. The summed E-state index contributed by atoms with van der Waals surface area (Å²) >= 11 is 0. The van der Waals surface area contributed by atoms with Crippen LogP contribution in [0, 0.1) is 12.8 Å². The number of phenols is 2. The Hall–Kier alpha value is -5.08. The monoisotopic (exact) mass is 638 g/mol. The van der Waals surface area contributed by atoms with E-state index in [4.69, 9.17) is 18.9 Å². The number of fused-ring (bicyclic) bond motifs is 4. The van der Waals surface area contributed by atoms with E-state index >= 15 is 0 Å². The first kappa shape index (κ1) is 30.9. The van der Waals surface area contributed by atoms with Crippen LogP contribution in [0.5, 0.6) is 23.0 Å². The minimum Gasteiger partial charge on any atom is -0.506 e. The van der Waals surface area contributed by atoms with E-state index in [0.717, 1.165) is 14.2 Å². The van der Waals surface area contributed by atoms with Crippen molar-refractivity contribution in [1.82, 2.24) is 0 Å². The lowest BCUT2D eigenvalue weighted by atomic mass is 9.69. The van der Waals surface area contributed by atoms with Gasteiger partial charge in [-0.2, -0.15) is 0 Å². The van der Waals surface area contributed by atoms with Crippen LogP contribution in [0.1, 0.15) is 42.9 Å². The number of hydrogen-bond acceptors (Lipinski definition) is 14. The number of ether oxygens (including phenoxy) is 4. The van der Waals surface area contributed by atoms with Gasteiger partial charge in [0, 0.05) is 24.0 Å². The largest absolute Gasteiger partial charge is 0.506 e. The summed E-state index contributed by atoms with van der Waals surface area (Å²) in [7, 11) is 2.04. The fourth-order valence-corrected chi connectivity index (χ4v) is 7.03. The van der Waals surface area contributed by atoms with Crippen molar-refractivity contribution in [3.63, 3.8) is 0 Å². The molecule has 2 aliphatic heterocycles. The summed E-state index contributed by atoms with van der Waals surface area (Å²) in [6, 6.07) is 3.79. The van der Waals surface area contributed by atoms with Crippen LogP contribution in [-0.4, -0.2) is 91.8 Å². The predicted octanol–water partition coefficient (Wildman–Crippen LogP) is 1.91. The first-order valence-electron chi connectivity index (χ1n) is 14.3. The summed E-state index contributed by atoms with van der Waals surface area (Å²) in [4.78, 5) is 52.2. The Morgan fingerprint density at radius 2 is 1.39 bits per heavy atom. The van der Waals surface area contributed by atoms with Crippen LogP contribution in [0.15, 0.2) is 29.3 Å². The van der Waals surface area contributed by atoms with E-state index in [2.05, 4.69) is 0 Å². The van der Waals surface area contributed by atoms with Crippen LogP contribution in [0.25, 0.3) is 22.6 Å². The summed E-state index contributed by atoms with van der Waals surface area (Å²) in [5, 5.41) is 67.8. The normalized spacial score (nSPS) is 28.3. The second kappa shape index (κ2) is 10.2. The zero-order valence-corrected chi connectivity index (χ0v) is 25.0. The standard InChI is InChI=1S/C32H30O14/c1-11-10-17-21(27(39)22-14(33)6-8-18(35)31(22,46-17)29(41)43-3)25(37)19(11)13-5-7-16-20(24(13)36)26(38)23-15(34)9-12(2)28(40)32(23,45-16)30(42)44-4/h5,7,10,12,18,28,35-40H,6,8-9H2,1-4H3. The first-order valence-corrected chi connectivity index (χ1v) is 14.3. The van der Waals surface area contributed by atoms with Gasteiger partial charge in [-0.1, -0.05) is 6.92 Å². The Morgan fingerprint density at radius 1 is 0.826 bits per heavy atom. The van der Waals surface area contributed by atoms with Crippen molar-refractivity contribution in [2.45, 2.75) is 56.5 Å². The average molecular weight is 639 g/mol. The predicted molar refractivity (Wildman–Crippen MR) is 155 cm³/mol. The highest BCUT2D eigenvalue weighted by molar-refractivity contribution is 6.14. The molecule has 6 rings (SSSR count). The second-order valence-electron chi connectivity index (χ2n) is 11.8. The molecule has 14 heteroatoms. The molecular formula is C32H30O14. The number of aryl methyl sites for hydroxylation is 1. The van der Waals surface area contributed by atoms with Gasteiger partial charge in [0.15, 0.2) is 11.6 Å². The third kappa shape index (κ3) is 3.70. The van der Waals surface area contributed by atoms with Crippen molar-refractivity contribution in [2.75, 3.05) is 14.2 Å². The Balaban J connectivity index is 1.58. The zero-order chi connectivity index (χ0) is 33.6. The van der Waals surface area contributed by atoms with Crippen molar-refractivity contribution in [1.29, 1.82) is 0 Å². The third-order valence-electron chi connectivity index (χ3n) is 9.21. The van der Waals surface area contributed by atoms with Crippen LogP contribution in [0.3, 0.4) is 0 Å². The average Bonchev–Trinajstić information content (AvgIpc) is 3.01. The van der Waals surface area contributed by atoms with E-state index in [1.807, 2.05) is 0 Å². The number of rotatable bonds is 3. The molecule has 46 heavy (non-hydrogen) atoms. The van der Waals surface area contributed by atoms with Gasteiger partial charge in [0.05, 0.1) is 25.4 Å². The maximum atomic E-state index is 13.2. The molecule has 0 radical (unpaired) electrons. The summed E-state index contributed by atoms with van der Waals surface area (Å²) in [5.74, 6) is -8.18. The molecular weight excluding hydrogens is 608 g/mol. The van der Waals surface area contributed by atoms with Crippen molar-refractivity contribution < 1.29 is 68.8 Å². The van der Waals surface area contributed by atoms with Crippen LogP contribution in [0.2, 0.25) is 0 Å². The Kier molecular flexibility index (Phi) is 6.87. The molecule has 2 saturated carbocycles. The van der Waals surface area contributed by atoms with Gasteiger partial charge >= 0.3 is 11.9 Å². The number of phenolic OH excluding ortho intramolecular Hbond substituents is 2. The molecule has 0 aromatic heterocycles. The van der Waals surface area contributed by atoms with Crippen molar-refractivity contribution >= 4 is 35.0 Å². The number of benzene rings is 2. The number of aromatic hydroxyl groups is 2. The number of esters is 2. The lowest BCUT2D eigenvalue weighted by Crippen LogP contribution is -2.64. The van der Waals surface area contributed by atoms with Crippen LogP contribution < -0.4 is 9.47 Å². The molecule has 2 aliphatic carbocycles. The van der Waals surface area contributed by atoms with Crippen LogP contribution in [-0.2, 0) is 28.7 Å². The molecule has 14 nitrogen and oxygen atoms in total. The number of ketones is 2. The van der Waals surface area contributed by atoms with E-state index in [1.54, 1.807) is 0 Å². The van der Waals surface area contributed by atoms with Crippen LogP contribution in [0.4, 0.5) is 0 Å². The lowest BCUT2D eigenvalue weighted by molar-refractivity contribution is -0.173. The third-order valence-corrected chi connectivity index (χ3v) is 9.21. The van der Waals surface area contributed by atoms with E-state index in [1.165, 1.54) is 32.0 Å². The molecule has 2 fully saturated rings. The number of carbonyl (C=O) groups excluding carboxylic acids is 4. The maximum Gasteiger partial charge on any atom is 0.358 e. The van der Waals surface area contributed by atoms with Gasteiger partial charge in [0.25, 0.3) is 11.2 Å². The summed E-state index contributed by atoms with van der Waals surface area (Å²) < 4.78 is 21.5. The molecule has 2 aromatic rings. The minimum atomic E-state index is -2.42. The summed E-state index contributed by atoms with van der Waals surface area (Å²) in [6.07, 6.45) is -3.84. The summed E-state index contributed by atoms with van der Waals surface area (Å²) in [5.41, 5.74) is -6.94. The Bertz CT molecular complexity index is 1840. The molecule has 5 atom stereocenters. The number of carbonyl (C=O) groups is 4. The second-order valence-corrected chi connectivity index (χ2v) is 11.8. The lowest BCUT2D eigenvalue weighted by Gasteiger charge is -2.45. The molecule has 2 aromatic carbocycles. The fourth-order valence-electron chi connectivity index (χ4n) is 7.03. The molecule has 0 amide bonds. The van der Waals surface area contributed by atoms with Crippen LogP contribution >= 0.6 is 0 Å². The van der Waals surface area contributed by atoms with Gasteiger partial charge in [-0.3, -0.25) is 9.59 Å². The molecule has 2 heterocycles. The molecule has 242 valence electrons. The Labute approximate surface area is 260 Å². The molecule has 0 saturated heterocycles. The first-order chi connectivity index (χ1) is 21.7. The van der Waals surface area contributed by atoms with Gasteiger partial charge in [-0.05, 0) is 43.0 Å². The summed E-state index contributed by atoms with van der Waals surface area (Å²) in [6.45, 7) is 3.01. The van der Waals surface area contributed by atoms with E-state index in [9.17, 15) is 49.8 Å². The zero-order valence-electron chi connectivity index (χ0n) is 25.0. The van der Waals surface area contributed by atoms with Crippen molar-refractivity contribution in [3.8, 4) is 34.1 Å². The molecule has 0 bridgehead atoms. The molecule has 4 aliphatic rings. The van der Waals surface area contributed by atoms with Crippen molar-refractivity contribution in [2.24, 2.45) is 5.92 Å². The highest BCUT2D eigenvalue weighted by Crippen LogP contribution is 2.56. The molecule has 6 N–H and O–H groups in total. The number of hydrogen-bond donors (Lipinski definition) is 6. The molecule has 0 spiro atoms. The SMILES string of the molecule is COC(=O)C12Oc3cc(C)c(-c4ccc5c(c4O)C(O)=C4C(=O)CC(C)C(O)C4(C(=O)OC)O5)c(O)c3C(O)=C1C(=O)CCC2O. The van der Waals surface area contributed by atoms with Gasteiger partial charge in [0.2, 0.25) is 0 Å². The topological polar surface area (TPSA) is 227 Å². The van der Waals surface area contributed by atoms with E-state index in [-0.39, 0.29) is 47.5 Å². The fraction of sp³-hybridized carbons (Fsp3) is 0.375. The number of methoxy groups -OCH3 is 2. The van der Waals surface area contributed by atoms with Gasteiger partial charge < -0.3 is 49.6 Å². The maximum absolute atomic E-state index is 13.2. The molecule has 5 unspecified atom stereocenters. The smallest absolute Gasteiger partial charge is 0.358 e. The minimum absolute atomic E-state index is 0.115. The highest BCUT2D eigenvalue weighted by atomic mass is 16.6. The van der Waals surface area contributed by atoms with Gasteiger partial charge in [0.1, 0.15) is 57.9 Å². The van der Waals surface area contributed by atoms with E-state index < -0.39 is 98.1 Å². The number of aliphatic hydroxyl groups is 4. The van der Waals surface area contributed by atoms with E-state index in [0.29, 0.717) is 0 Å². The van der Waals surface area contributed by atoms with Gasteiger partial charge in [-0.15, -0.1) is 0 Å². The number of Topliss-reactive ketones (excluding diaryl/α,β-unsaturated/α-hetero) is 2. The Morgan fingerprint density at radius 3 is 2.02 bits per heavy atom. The quantitative estimate of drug-likeness (QED) is 0.264. The number of aliphatic hydroxyl groups excluding tert-OH is 4. The van der Waals surface area contributed by atoms with Crippen molar-refractivity contribution in [3.05, 3.63) is 46.0 Å².